The summed E-state index contributed by atoms with van der Waals surface area (Å²) in [4.78, 5) is 31.5. The second-order valence-electron chi connectivity index (χ2n) is 8.12. The number of rotatable bonds is 17. The molecule has 0 fully saturated rings. The molecule has 0 aliphatic heterocycles. The number of aromatic carboxylic acids is 1. The van der Waals surface area contributed by atoms with Crippen molar-refractivity contribution in [2.75, 3.05) is 0 Å². The van der Waals surface area contributed by atoms with Crippen LogP contribution in [-0.2, 0) is 9.59 Å². The Bertz CT molecular complexity index is 696. The van der Waals surface area contributed by atoms with Crippen molar-refractivity contribution in [3.05, 3.63) is 42.0 Å². The lowest BCUT2D eigenvalue weighted by Gasteiger charge is -2.03. The number of ether oxygens (including phenoxy) is 1. The number of benzene rings is 1. The quantitative estimate of drug-likeness (QED) is 0.108. The molecule has 0 saturated carbocycles. The molecule has 0 aromatic heterocycles. The fraction of sp³-hybridized carbons (Fsp3) is 0.593. The third-order valence-electron chi connectivity index (χ3n) is 5.02. The van der Waals surface area contributed by atoms with Crippen LogP contribution in [0.4, 0.5) is 0 Å². The standard InChI is InChI=1S/C18H34O2.C9H8O4/c1-2-3-4-5-6-7-8-9-10-11-12-13-14-15-16-17-18(19)20;1-6(10)13-8-5-3-2-4-7(8)9(11)12/h9-10H,2-8,11-17H2,1H3,(H,19,20);2-5H,1H3,(H,11,12). The molecule has 6 heteroatoms. The number of hydrogen-bond donors (Lipinski definition) is 2. The van der Waals surface area contributed by atoms with Crippen LogP contribution >= 0.6 is 0 Å². The normalized spacial score (nSPS) is 10.5. The van der Waals surface area contributed by atoms with E-state index in [-0.39, 0.29) is 11.3 Å². The number of para-hydroxylation sites is 1. The van der Waals surface area contributed by atoms with Crippen LogP contribution in [0.25, 0.3) is 0 Å². The van der Waals surface area contributed by atoms with E-state index >= 15 is 0 Å². The molecule has 0 aliphatic rings. The molecular formula is C27H42O6. The second-order valence-corrected chi connectivity index (χ2v) is 8.12. The van der Waals surface area contributed by atoms with E-state index in [4.69, 9.17) is 10.2 Å². The highest BCUT2D eigenvalue weighted by atomic mass is 16.5. The van der Waals surface area contributed by atoms with E-state index < -0.39 is 17.9 Å². The third-order valence-corrected chi connectivity index (χ3v) is 5.02. The molecule has 0 bridgehead atoms. The SMILES string of the molecule is CC(=O)Oc1ccccc1C(=O)O.CCCCCCCCC=CCCCCCCCC(=O)O. The minimum Gasteiger partial charge on any atom is -0.481 e. The first-order valence-corrected chi connectivity index (χ1v) is 12.3. The highest BCUT2D eigenvalue weighted by Crippen LogP contribution is 2.17. The number of aliphatic carboxylic acids is 1. The first kappa shape index (κ1) is 30.4. The number of carboxylic acid groups (broad SMARTS) is 2. The number of carboxylic acids is 2. The van der Waals surface area contributed by atoms with Crippen LogP contribution in [0.3, 0.4) is 0 Å². The smallest absolute Gasteiger partial charge is 0.339 e. The summed E-state index contributed by atoms with van der Waals surface area (Å²) in [7, 11) is 0. The number of carbonyl (C=O) groups is 3. The van der Waals surface area contributed by atoms with E-state index in [0.29, 0.717) is 6.42 Å². The van der Waals surface area contributed by atoms with E-state index in [0.717, 1.165) is 12.8 Å². The van der Waals surface area contributed by atoms with E-state index in [9.17, 15) is 14.4 Å². The Balaban J connectivity index is 0.000000676. The van der Waals surface area contributed by atoms with Gasteiger partial charge < -0.3 is 14.9 Å². The molecule has 0 atom stereocenters. The fourth-order valence-electron chi connectivity index (χ4n) is 3.23. The van der Waals surface area contributed by atoms with E-state index in [2.05, 4.69) is 23.8 Å². The highest BCUT2D eigenvalue weighted by molar-refractivity contribution is 5.91. The first-order valence-electron chi connectivity index (χ1n) is 12.3. The molecule has 0 heterocycles. The molecule has 33 heavy (non-hydrogen) atoms. The maximum Gasteiger partial charge on any atom is 0.339 e. The number of carbonyl (C=O) groups excluding carboxylic acids is 1. The minimum absolute atomic E-state index is 0.0160. The topological polar surface area (TPSA) is 101 Å². The van der Waals surface area contributed by atoms with Crippen molar-refractivity contribution in [2.45, 2.75) is 104 Å². The molecule has 6 nitrogen and oxygen atoms in total. The van der Waals surface area contributed by atoms with Crippen molar-refractivity contribution >= 4 is 17.9 Å². The van der Waals surface area contributed by atoms with Gasteiger partial charge in [0.25, 0.3) is 0 Å². The zero-order valence-electron chi connectivity index (χ0n) is 20.4. The zero-order valence-corrected chi connectivity index (χ0v) is 20.4. The Labute approximate surface area is 199 Å². The van der Waals surface area contributed by atoms with Crippen molar-refractivity contribution < 1.29 is 29.3 Å². The Morgan fingerprint density at radius 3 is 1.82 bits per heavy atom. The van der Waals surface area contributed by atoms with Gasteiger partial charge in [0.15, 0.2) is 0 Å². The van der Waals surface area contributed by atoms with Gasteiger partial charge in [0.2, 0.25) is 0 Å². The largest absolute Gasteiger partial charge is 0.481 e. The lowest BCUT2D eigenvalue weighted by molar-refractivity contribution is -0.137. The average molecular weight is 463 g/mol. The maximum absolute atomic E-state index is 10.6. The Kier molecular flexibility index (Phi) is 19.5. The molecule has 0 spiro atoms. The number of allylic oxidation sites excluding steroid dienone is 2. The molecule has 0 unspecified atom stereocenters. The molecular weight excluding hydrogens is 420 g/mol. The zero-order chi connectivity index (χ0) is 24.7. The summed E-state index contributed by atoms with van der Waals surface area (Å²) in [5, 5.41) is 17.2. The van der Waals surface area contributed by atoms with Gasteiger partial charge in [-0.2, -0.15) is 0 Å². The Hall–Kier alpha value is -2.63. The van der Waals surface area contributed by atoms with Crippen LogP contribution in [0, 0.1) is 0 Å². The van der Waals surface area contributed by atoms with Crippen molar-refractivity contribution in [1.29, 1.82) is 0 Å². The van der Waals surface area contributed by atoms with E-state index in [1.54, 1.807) is 12.1 Å². The van der Waals surface area contributed by atoms with Gasteiger partial charge in [-0.3, -0.25) is 9.59 Å². The summed E-state index contributed by atoms with van der Waals surface area (Å²) < 4.78 is 4.69. The van der Waals surface area contributed by atoms with E-state index in [1.807, 2.05) is 0 Å². The number of hydrogen-bond acceptors (Lipinski definition) is 4. The van der Waals surface area contributed by atoms with Crippen molar-refractivity contribution in [2.24, 2.45) is 0 Å². The van der Waals surface area contributed by atoms with Gasteiger partial charge >= 0.3 is 17.9 Å². The Morgan fingerprint density at radius 2 is 1.30 bits per heavy atom. The molecule has 1 aromatic rings. The van der Waals surface area contributed by atoms with Crippen molar-refractivity contribution in [3.63, 3.8) is 0 Å². The summed E-state index contributed by atoms with van der Waals surface area (Å²) in [6.07, 6.45) is 21.2. The van der Waals surface area contributed by atoms with Gasteiger partial charge in [0.05, 0.1) is 0 Å². The second kappa shape index (κ2) is 21.2. The molecule has 2 N–H and O–H groups in total. The molecule has 0 radical (unpaired) electrons. The monoisotopic (exact) mass is 462 g/mol. The first-order chi connectivity index (χ1) is 15.9. The van der Waals surface area contributed by atoms with Crippen LogP contribution in [0.1, 0.15) is 114 Å². The molecule has 0 amide bonds. The van der Waals surface area contributed by atoms with Crippen LogP contribution < -0.4 is 4.74 Å². The minimum atomic E-state index is -1.11. The van der Waals surface area contributed by atoms with E-state index in [1.165, 1.54) is 89.7 Å². The van der Waals surface area contributed by atoms with Crippen LogP contribution in [0.5, 0.6) is 5.75 Å². The van der Waals surface area contributed by atoms with Crippen LogP contribution in [-0.4, -0.2) is 28.1 Å². The molecule has 1 aromatic carbocycles. The van der Waals surface area contributed by atoms with Gasteiger partial charge in [-0.15, -0.1) is 0 Å². The molecule has 186 valence electrons. The summed E-state index contributed by atoms with van der Waals surface area (Å²) in [5.74, 6) is -2.24. The number of esters is 1. The predicted molar refractivity (Wildman–Crippen MR) is 132 cm³/mol. The fourth-order valence-corrected chi connectivity index (χ4v) is 3.23. The lowest BCUT2D eigenvalue weighted by atomic mass is 10.1. The van der Waals surface area contributed by atoms with Gasteiger partial charge in [0, 0.05) is 13.3 Å². The van der Waals surface area contributed by atoms with Crippen LogP contribution in [0.15, 0.2) is 36.4 Å². The van der Waals surface area contributed by atoms with Gasteiger partial charge in [0.1, 0.15) is 11.3 Å². The molecule has 1 rings (SSSR count). The van der Waals surface area contributed by atoms with Crippen molar-refractivity contribution in [1.82, 2.24) is 0 Å². The van der Waals surface area contributed by atoms with Gasteiger partial charge in [-0.1, -0.05) is 82.6 Å². The molecule has 0 saturated heterocycles. The average Bonchev–Trinajstić information content (AvgIpc) is 2.76. The van der Waals surface area contributed by atoms with Gasteiger partial charge in [-0.25, -0.2) is 4.79 Å². The third kappa shape index (κ3) is 19.8. The van der Waals surface area contributed by atoms with Crippen LogP contribution in [0.2, 0.25) is 0 Å². The summed E-state index contributed by atoms with van der Waals surface area (Å²) in [5.41, 5.74) is -0.0160. The van der Waals surface area contributed by atoms with Gasteiger partial charge in [-0.05, 0) is 44.2 Å². The predicted octanol–water partition coefficient (Wildman–Crippen LogP) is 7.42. The summed E-state index contributed by atoms with van der Waals surface area (Å²) >= 11 is 0. The highest BCUT2D eigenvalue weighted by Gasteiger charge is 2.11. The Morgan fingerprint density at radius 1 is 0.788 bits per heavy atom. The lowest BCUT2D eigenvalue weighted by Crippen LogP contribution is -2.06. The maximum atomic E-state index is 10.6. The molecule has 0 aliphatic carbocycles. The van der Waals surface area contributed by atoms with Crippen molar-refractivity contribution in [3.8, 4) is 5.75 Å². The number of unbranched alkanes of at least 4 members (excludes halogenated alkanes) is 11. The summed E-state index contributed by atoms with van der Waals surface area (Å²) in [6, 6.07) is 5.98. The summed E-state index contributed by atoms with van der Waals surface area (Å²) in [6.45, 7) is 3.48.